The van der Waals surface area contributed by atoms with Crippen molar-refractivity contribution < 1.29 is 28.6 Å². The highest BCUT2D eigenvalue weighted by molar-refractivity contribution is 5.94. The number of fused-ring (bicyclic) bond motifs is 2. The molecule has 0 bridgehead atoms. The van der Waals surface area contributed by atoms with E-state index in [1.165, 1.54) is 4.90 Å². The van der Waals surface area contributed by atoms with Crippen LogP contribution in [0.25, 0.3) is 10.8 Å². The first-order valence-corrected chi connectivity index (χ1v) is 12.9. The van der Waals surface area contributed by atoms with Crippen LogP contribution in [0.4, 0.5) is 0 Å². The zero-order valence-corrected chi connectivity index (χ0v) is 22.1. The summed E-state index contributed by atoms with van der Waals surface area (Å²) in [4.78, 5) is 45.3. The number of benzene rings is 2. The van der Waals surface area contributed by atoms with Crippen LogP contribution in [0.15, 0.2) is 60.8 Å². The number of ether oxygens (including phenoxy) is 3. The fraction of sp³-hybridized carbons (Fsp3) is 0.379. The molecule has 39 heavy (non-hydrogen) atoms. The number of nitrogens with one attached hydrogen (secondary N) is 1. The Morgan fingerprint density at radius 2 is 1.79 bits per heavy atom. The van der Waals surface area contributed by atoms with Crippen molar-refractivity contribution >= 4 is 28.5 Å². The second kappa shape index (κ2) is 10.4. The Morgan fingerprint density at radius 1 is 1.08 bits per heavy atom. The number of carbonyl (C=O) groups is 3. The molecule has 204 valence electrons. The topological polar surface area (TPSA) is 133 Å². The lowest BCUT2D eigenvalue weighted by atomic mass is 9.85. The number of para-hydroxylation sites is 2. The maximum atomic E-state index is 13.9. The predicted octanol–water partition coefficient (Wildman–Crippen LogP) is 2.44. The summed E-state index contributed by atoms with van der Waals surface area (Å²) in [6.45, 7) is 5.65. The van der Waals surface area contributed by atoms with E-state index in [1.54, 1.807) is 24.4 Å². The van der Waals surface area contributed by atoms with Gasteiger partial charge in [0.1, 0.15) is 24.8 Å². The van der Waals surface area contributed by atoms with Crippen LogP contribution in [-0.2, 0) is 14.4 Å². The van der Waals surface area contributed by atoms with E-state index in [2.05, 4.69) is 10.3 Å². The molecule has 0 radical (unpaired) electrons. The van der Waals surface area contributed by atoms with E-state index < -0.39 is 47.4 Å². The highest BCUT2D eigenvalue weighted by Gasteiger charge is 2.46. The van der Waals surface area contributed by atoms with Crippen molar-refractivity contribution in [3.05, 3.63) is 60.8 Å². The maximum absolute atomic E-state index is 13.9. The minimum Gasteiger partial charge on any atom is -0.485 e. The molecule has 3 N–H and O–H groups in total. The summed E-state index contributed by atoms with van der Waals surface area (Å²) in [6, 6.07) is 14.8. The van der Waals surface area contributed by atoms with E-state index in [4.69, 9.17) is 19.9 Å². The van der Waals surface area contributed by atoms with Crippen molar-refractivity contribution in [3.8, 4) is 17.4 Å². The van der Waals surface area contributed by atoms with Crippen LogP contribution in [0.1, 0.15) is 27.2 Å². The molecular formula is C29H32N4O6. The minimum atomic E-state index is -0.956. The summed E-state index contributed by atoms with van der Waals surface area (Å²) in [6.07, 6.45) is 0.429. The van der Waals surface area contributed by atoms with E-state index >= 15 is 0 Å². The molecule has 1 aromatic heterocycles. The standard InChI is InChI=1S/C29H32N4O6/c1-29(2,3)24(32-26(35)23-16-37-21-10-6-7-11-22(21)39-23)28(36)33-15-18(14-20(33)25(30)34)38-27-19-9-5-4-8-17(19)12-13-31-27/h4-13,18,20,23-24H,14-16H2,1-3H3,(H2,30,34)(H,32,35)/t18-,20+,23+,24-/m1/s1. The van der Waals surface area contributed by atoms with Gasteiger partial charge in [-0.25, -0.2) is 4.98 Å². The highest BCUT2D eigenvalue weighted by Crippen LogP contribution is 2.32. The third-order valence-electron chi connectivity index (χ3n) is 6.99. The van der Waals surface area contributed by atoms with Crippen molar-refractivity contribution in [3.63, 3.8) is 0 Å². The van der Waals surface area contributed by atoms with Crippen LogP contribution < -0.4 is 25.3 Å². The van der Waals surface area contributed by atoms with Gasteiger partial charge < -0.3 is 30.2 Å². The number of carbonyl (C=O) groups excluding carboxylic acids is 3. The van der Waals surface area contributed by atoms with Crippen LogP contribution in [0.2, 0.25) is 0 Å². The van der Waals surface area contributed by atoms with Gasteiger partial charge in [-0.2, -0.15) is 0 Å². The van der Waals surface area contributed by atoms with Crippen molar-refractivity contribution in [2.45, 2.75) is 51.5 Å². The fourth-order valence-electron chi connectivity index (χ4n) is 4.94. The molecule has 0 unspecified atom stereocenters. The molecule has 2 aliphatic rings. The van der Waals surface area contributed by atoms with E-state index in [0.29, 0.717) is 17.4 Å². The van der Waals surface area contributed by atoms with Crippen LogP contribution in [0.3, 0.4) is 0 Å². The predicted molar refractivity (Wildman–Crippen MR) is 143 cm³/mol. The Kier molecular flexibility index (Phi) is 7.03. The third kappa shape index (κ3) is 5.45. The zero-order valence-electron chi connectivity index (χ0n) is 22.1. The summed E-state index contributed by atoms with van der Waals surface area (Å²) < 4.78 is 17.7. The van der Waals surface area contributed by atoms with Crippen molar-refractivity contribution in [2.75, 3.05) is 13.2 Å². The second-order valence-corrected chi connectivity index (χ2v) is 10.9. The molecule has 10 nitrogen and oxygen atoms in total. The first kappa shape index (κ1) is 26.3. The van der Waals surface area contributed by atoms with Gasteiger partial charge in [0.25, 0.3) is 5.91 Å². The minimum absolute atomic E-state index is 0.00940. The van der Waals surface area contributed by atoms with Gasteiger partial charge >= 0.3 is 0 Å². The molecule has 2 aliphatic heterocycles. The van der Waals surface area contributed by atoms with Gasteiger partial charge in [-0.15, -0.1) is 0 Å². The molecule has 4 atom stereocenters. The number of hydrogen-bond donors (Lipinski definition) is 2. The molecule has 0 spiro atoms. The molecule has 1 saturated heterocycles. The van der Waals surface area contributed by atoms with Crippen molar-refractivity contribution in [1.29, 1.82) is 0 Å². The fourth-order valence-corrected chi connectivity index (χ4v) is 4.94. The number of hydrogen-bond acceptors (Lipinski definition) is 7. The summed E-state index contributed by atoms with van der Waals surface area (Å²) >= 11 is 0. The highest BCUT2D eigenvalue weighted by atomic mass is 16.6. The van der Waals surface area contributed by atoms with Gasteiger partial charge in [0.2, 0.25) is 23.8 Å². The number of nitrogens with zero attached hydrogens (tertiary/aromatic N) is 2. The molecule has 3 amide bonds. The smallest absolute Gasteiger partial charge is 0.265 e. The lowest BCUT2D eigenvalue weighted by molar-refractivity contribution is -0.145. The van der Waals surface area contributed by atoms with Gasteiger partial charge in [-0.05, 0) is 35.1 Å². The molecule has 5 rings (SSSR count). The molecule has 10 heteroatoms. The van der Waals surface area contributed by atoms with Gasteiger partial charge in [0.05, 0.1) is 6.54 Å². The monoisotopic (exact) mass is 532 g/mol. The van der Waals surface area contributed by atoms with Gasteiger partial charge in [-0.1, -0.05) is 51.1 Å². The van der Waals surface area contributed by atoms with Crippen LogP contribution in [0.5, 0.6) is 17.4 Å². The molecule has 3 heterocycles. The Labute approximate surface area is 226 Å². The Hall–Kier alpha value is -4.34. The zero-order chi connectivity index (χ0) is 27.7. The number of pyridine rings is 1. The van der Waals surface area contributed by atoms with E-state index in [9.17, 15) is 14.4 Å². The molecule has 0 aliphatic carbocycles. The summed E-state index contributed by atoms with van der Waals surface area (Å²) in [7, 11) is 0. The van der Waals surface area contributed by atoms with Crippen LogP contribution in [0, 0.1) is 5.41 Å². The molecule has 1 fully saturated rings. The molecule has 2 aromatic carbocycles. The summed E-state index contributed by atoms with van der Waals surface area (Å²) in [5, 5.41) is 4.64. The Balaban J connectivity index is 1.33. The van der Waals surface area contributed by atoms with Gasteiger partial charge in [-0.3, -0.25) is 14.4 Å². The normalized spacial score (nSPS) is 21.3. The number of primary amides is 1. The quantitative estimate of drug-likeness (QED) is 0.498. The average Bonchev–Trinajstić information content (AvgIpc) is 3.35. The molecular weight excluding hydrogens is 500 g/mol. The number of aromatic nitrogens is 1. The van der Waals surface area contributed by atoms with Crippen LogP contribution in [-0.4, -0.2) is 65.0 Å². The number of amides is 3. The average molecular weight is 533 g/mol. The van der Waals surface area contributed by atoms with Gasteiger partial charge in [0, 0.05) is 18.0 Å². The molecule has 3 aromatic rings. The van der Waals surface area contributed by atoms with Crippen LogP contribution >= 0.6 is 0 Å². The number of likely N-dealkylation sites (tertiary alicyclic amines) is 1. The third-order valence-corrected chi connectivity index (χ3v) is 6.99. The summed E-state index contributed by atoms with van der Waals surface area (Å²) in [5.41, 5.74) is 5.03. The maximum Gasteiger partial charge on any atom is 0.265 e. The lowest BCUT2D eigenvalue weighted by Gasteiger charge is -2.36. The largest absolute Gasteiger partial charge is 0.485 e. The Morgan fingerprint density at radius 3 is 2.54 bits per heavy atom. The first-order valence-electron chi connectivity index (χ1n) is 12.9. The van der Waals surface area contributed by atoms with E-state index in [1.807, 2.05) is 57.2 Å². The van der Waals surface area contributed by atoms with Gasteiger partial charge in [0.15, 0.2) is 11.5 Å². The SMILES string of the molecule is CC(C)(C)[C@H](NC(=O)[C@@H]1COc2ccccc2O1)C(=O)N1C[C@H](Oc2nccc3ccccc23)C[C@H]1C(N)=O. The second-order valence-electron chi connectivity index (χ2n) is 10.9. The number of nitrogens with two attached hydrogens (primary N) is 1. The lowest BCUT2D eigenvalue weighted by Crippen LogP contribution is -2.59. The Bertz CT molecular complexity index is 1400. The number of rotatable bonds is 6. The van der Waals surface area contributed by atoms with Crippen molar-refractivity contribution in [1.82, 2.24) is 15.2 Å². The van der Waals surface area contributed by atoms with E-state index in [0.717, 1.165) is 10.8 Å². The van der Waals surface area contributed by atoms with Crippen molar-refractivity contribution in [2.24, 2.45) is 11.1 Å². The molecule has 0 saturated carbocycles. The van der Waals surface area contributed by atoms with E-state index in [-0.39, 0.29) is 19.6 Å². The summed E-state index contributed by atoms with van der Waals surface area (Å²) in [5.74, 6) is -0.115. The first-order chi connectivity index (χ1) is 18.6.